The molecule has 1 aromatic heterocycles. The maximum absolute atomic E-state index is 13.3. The molecule has 0 amide bonds. The van der Waals surface area contributed by atoms with Crippen LogP contribution in [0.4, 0.5) is 9.52 Å². The summed E-state index contributed by atoms with van der Waals surface area (Å²) in [6.07, 6.45) is 0. The quantitative estimate of drug-likeness (QED) is 0.852. The number of anilines is 1. The van der Waals surface area contributed by atoms with Crippen LogP contribution < -0.4 is 5.32 Å². The molecule has 0 spiro atoms. The molecule has 1 N–H and O–H groups in total. The molecule has 0 aliphatic rings. The number of benzene rings is 1. The van der Waals surface area contributed by atoms with Gasteiger partial charge in [0.25, 0.3) is 0 Å². The fraction of sp³-hybridized carbons (Fsp3) is 0.200. The minimum Gasteiger partial charge on any atom is -0.363 e. The van der Waals surface area contributed by atoms with E-state index in [2.05, 4.69) is 14.7 Å². The summed E-state index contributed by atoms with van der Waals surface area (Å²) in [5.41, 5.74) is 0. The van der Waals surface area contributed by atoms with E-state index in [-0.39, 0.29) is 5.82 Å². The van der Waals surface area contributed by atoms with E-state index in [9.17, 15) is 4.39 Å². The monoisotopic (exact) mass is 255 g/mol. The Morgan fingerprint density at radius 1 is 1.44 bits per heavy atom. The fourth-order valence-corrected chi connectivity index (χ4v) is 2.53. The van der Waals surface area contributed by atoms with Gasteiger partial charge in [-0.2, -0.15) is 4.37 Å². The van der Waals surface area contributed by atoms with Gasteiger partial charge in [0.15, 0.2) is 5.82 Å². The van der Waals surface area contributed by atoms with Crippen LogP contribution in [0.2, 0.25) is 0 Å². The van der Waals surface area contributed by atoms with Crippen LogP contribution in [0.1, 0.15) is 5.82 Å². The van der Waals surface area contributed by atoms with Crippen molar-refractivity contribution < 1.29 is 4.39 Å². The van der Waals surface area contributed by atoms with Gasteiger partial charge in [-0.25, -0.2) is 9.37 Å². The molecule has 0 unspecified atom stereocenters. The van der Waals surface area contributed by atoms with Crippen molar-refractivity contribution in [3.8, 4) is 0 Å². The summed E-state index contributed by atoms with van der Waals surface area (Å²) in [4.78, 5) is 4.85. The molecule has 0 saturated carbocycles. The molecule has 0 saturated heterocycles. The molecule has 0 radical (unpaired) electrons. The normalized spacial score (nSPS) is 10.4. The van der Waals surface area contributed by atoms with Crippen molar-refractivity contribution in [2.45, 2.75) is 10.6 Å². The Labute approximate surface area is 101 Å². The third kappa shape index (κ3) is 2.70. The Morgan fingerprint density at radius 3 is 2.94 bits per heavy atom. The van der Waals surface area contributed by atoms with Crippen molar-refractivity contribution in [3.05, 3.63) is 35.9 Å². The maximum Gasteiger partial charge on any atom is 0.202 e. The van der Waals surface area contributed by atoms with E-state index < -0.39 is 0 Å². The van der Waals surface area contributed by atoms with Gasteiger partial charge in [-0.1, -0.05) is 12.1 Å². The molecule has 2 aromatic rings. The molecule has 0 fully saturated rings. The lowest BCUT2D eigenvalue weighted by Gasteiger charge is -1.99. The first-order chi connectivity index (χ1) is 7.79. The molecule has 1 heterocycles. The average Bonchev–Trinajstić information content (AvgIpc) is 2.76. The second kappa shape index (κ2) is 5.27. The van der Waals surface area contributed by atoms with Crippen molar-refractivity contribution in [1.29, 1.82) is 0 Å². The van der Waals surface area contributed by atoms with Gasteiger partial charge in [0.2, 0.25) is 5.13 Å². The third-order valence-electron chi connectivity index (χ3n) is 1.88. The lowest BCUT2D eigenvalue weighted by Crippen LogP contribution is -1.88. The van der Waals surface area contributed by atoms with E-state index >= 15 is 0 Å². The summed E-state index contributed by atoms with van der Waals surface area (Å²) in [6.45, 7) is 0. The first kappa shape index (κ1) is 11.3. The van der Waals surface area contributed by atoms with Gasteiger partial charge in [0.05, 0.1) is 5.75 Å². The van der Waals surface area contributed by atoms with Gasteiger partial charge in [-0.05, 0) is 12.1 Å². The highest BCUT2D eigenvalue weighted by Gasteiger charge is 2.05. The van der Waals surface area contributed by atoms with Crippen molar-refractivity contribution in [3.63, 3.8) is 0 Å². The maximum atomic E-state index is 13.3. The minimum absolute atomic E-state index is 0.198. The third-order valence-corrected chi connectivity index (χ3v) is 3.69. The van der Waals surface area contributed by atoms with Crippen LogP contribution >= 0.6 is 23.3 Å². The van der Waals surface area contributed by atoms with E-state index in [1.54, 1.807) is 19.2 Å². The number of aromatic nitrogens is 2. The molecule has 0 atom stereocenters. The predicted octanol–water partition coefficient (Wildman–Crippen LogP) is 3.01. The number of rotatable bonds is 4. The zero-order valence-corrected chi connectivity index (χ0v) is 10.2. The lowest BCUT2D eigenvalue weighted by atomic mass is 10.3. The Balaban J connectivity index is 1.99. The van der Waals surface area contributed by atoms with Gasteiger partial charge in [0, 0.05) is 23.5 Å². The van der Waals surface area contributed by atoms with Crippen LogP contribution in [0.5, 0.6) is 0 Å². The SMILES string of the molecule is CNc1nc(CSc2ccccc2F)ns1. The second-order valence-corrected chi connectivity index (χ2v) is 4.75. The summed E-state index contributed by atoms with van der Waals surface area (Å²) in [5, 5.41) is 3.70. The summed E-state index contributed by atoms with van der Waals surface area (Å²) in [5.74, 6) is 1.11. The molecule has 6 heteroatoms. The second-order valence-electron chi connectivity index (χ2n) is 2.98. The number of thioether (sulfide) groups is 1. The highest BCUT2D eigenvalue weighted by molar-refractivity contribution is 7.98. The van der Waals surface area contributed by atoms with Crippen LogP contribution in [0.15, 0.2) is 29.2 Å². The average molecular weight is 255 g/mol. The number of nitrogens with zero attached hydrogens (tertiary/aromatic N) is 2. The molecule has 16 heavy (non-hydrogen) atoms. The molecule has 2 rings (SSSR count). The first-order valence-electron chi connectivity index (χ1n) is 4.67. The summed E-state index contributed by atoms with van der Waals surface area (Å²) >= 11 is 2.71. The minimum atomic E-state index is -0.198. The van der Waals surface area contributed by atoms with E-state index in [1.165, 1.54) is 29.4 Å². The summed E-state index contributed by atoms with van der Waals surface area (Å²) < 4.78 is 17.4. The highest BCUT2D eigenvalue weighted by Crippen LogP contribution is 2.25. The molecule has 0 aliphatic carbocycles. The van der Waals surface area contributed by atoms with Gasteiger partial charge in [0.1, 0.15) is 5.82 Å². The highest BCUT2D eigenvalue weighted by atomic mass is 32.2. The van der Waals surface area contributed by atoms with E-state index in [0.717, 1.165) is 11.0 Å². The Morgan fingerprint density at radius 2 is 2.25 bits per heavy atom. The molecule has 0 aliphatic heterocycles. The summed E-state index contributed by atoms with van der Waals surface area (Å²) in [6, 6.07) is 6.71. The Bertz CT molecular complexity index is 473. The van der Waals surface area contributed by atoms with E-state index in [1.807, 2.05) is 6.07 Å². The molecule has 3 nitrogen and oxygen atoms in total. The van der Waals surface area contributed by atoms with Crippen molar-refractivity contribution >= 4 is 28.4 Å². The molecular weight excluding hydrogens is 245 g/mol. The van der Waals surface area contributed by atoms with Crippen LogP contribution in [-0.4, -0.2) is 16.4 Å². The largest absolute Gasteiger partial charge is 0.363 e. The smallest absolute Gasteiger partial charge is 0.202 e. The van der Waals surface area contributed by atoms with Crippen molar-refractivity contribution in [2.75, 3.05) is 12.4 Å². The van der Waals surface area contributed by atoms with E-state index in [0.29, 0.717) is 10.6 Å². The molecule has 0 bridgehead atoms. The molecule has 84 valence electrons. The van der Waals surface area contributed by atoms with E-state index in [4.69, 9.17) is 0 Å². The van der Waals surface area contributed by atoms with Gasteiger partial charge >= 0.3 is 0 Å². The van der Waals surface area contributed by atoms with Crippen LogP contribution in [-0.2, 0) is 5.75 Å². The lowest BCUT2D eigenvalue weighted by molar-refractivity contribution is 0.602. The van der Waals surface area contributed by atoms with Gasteiger partial charge < -0.3 is 5.32 Å². The van der Waals surface area contributed by atoms with Crippen molar-refractivity contribution in [1.82, 2.24) is 9.36 Å². The number of hydrogen-bond donors (Lipinski definition) is 1. The summed E-state index contributed by atoms with van der Waals surface area (Å²) in [7, 11) is 1.80. The standard InChI is InChI=1S/C10H10FN3S2/c1-12-10-13-9(14-16-10)6-15-8-5-3-2-4-7(8)11/h2-5H,6H2,1H3,(H,12,13,14). The molecule has 1 aromatic carbocycles. The zero-order chi connectivity index (χ0) is 11.4. The van der Waals surface area contributed by atoms with Crippen LogP contribution in [0.25, 0.3) is 0 Å². The number of hydrogen-bond acceptors (Lipinski definition) is 5. The Hall–Kier alpha value is -1.14. The molecular formula is C10H10FN3S2. The number of halogens is 1. The predicted molar refractivity (Wildman–Crippen MR) is 65.4 cm³/mol. The van der Waals surface area contributed by atoms with Gasteiger partial charge in [-0.15, -0.1) is 11.8 Å². The van der Waals surface area contributed by atoms with Crippen LogP contribution in [0, 0.1) is 5.82 Å². The fourth-order valence-electron chi connectivity index (χ4n) is 1.12. The topological polar surface area (TPSA) is 37.8 Å². The van der Waals surface area contributed by atoms with Crippen LogP contribution in [0.3, 0.4) is 0 Å². The number of nitrogens with one attached hydrogen (secondary N) is 1. The zero-order valence-electron chi connectivity index (χ0n) is 8.61. The first-order valence-corrected chi connectivity index (χ1v) is 6.43. The van der Waals surface area contributed by atoms with Crippen molar-refractivity contribution in [2.24, 2.45) is 0 Å². The Kier molecular flexibility index (Phi) is 3.74. The van der Waals surface area contributed by atoms with Gasteiger partial charge in [-0.3, -0.25) is 0 Å².